The lowest BCUT2D eigenvalue weighted by atomic mass is 10.3. The number of hydrogen-bond donors (Lipinski definition) is 2. The van der Waals surface area contributed by atoms with E-state index in [0.29, 0.717) is 5.13 Å². The summed E-state index contributed by atoms with van der Waals surface area (Å²) in [5.74, 6) is -0.105. The molecule has 76 valence electrons. The van der Waals surface area contributed by atoms with E-state index < -0.39 is 5.54 Å². The van der Waals surface area contributed by atoms with E-state index >= 15 is 0 Å². The van der Waals surface area contributed by atoms with Crippen LogP contribution in [0.5, 0.6) is 0 Å². The van der Waals surface area contributed by atoms with Crippen molar-refractivity contribution in [3.8, 4) is 0 Å². The first-order valence-corrected chi connectivity index (χ1v) is 5.37. The minimum atomic E-state index is -0.618. The summed E-state index contributed by atoms with van der Waals surface area (Å²) in [5, 5.41) is 3.40. The fraction of sp³-hybridized carbons (Fsp3) is 0.556. The lowest BCUT2D eigenvalue weighted by molar-refractivity contribution is -0.118. The monoisotopic (exact) mass is 211 g/mol. The Balaban J connectivity index is 2.07. The quantitative estimate of drug-likeness (QED) is 0.772. The molecule has 1 aliphatic rings. The van der Waals surface area contributed by atoms with Gasteiger partial charge in [0.1, 0.15) is 0 Å². The molecule has 0 aliphatic heterocycles. The van der Waals surface area contributed by atoms with Crippen LogP contribution in [0, 0.1) is 13.8 Å². The van der Waals surface area contributed by atoms with Gasteiger partial charge in [-0.2, -0.15) is 0 Å². The normalized spacial score (nSPS) is 17.9. The maximum Gasteiger partial charge on any atom is 0.246 e. The molecule has 1 aliphatic carbocycles. The summed E-state index contributed by atoms with van der Waals surface area (Å²) in [6, 6.07) is 0. The van der Waals surface area contributed by atoms with Crippen molar-refractivity contribution in [3.05, 3.63) is 10.6 Å². The number of aryl methyl sites for hydroxylation is 2. The number of nitrogens with zero attached hydrogens (tertiary/aromatic N) is 1. The van der Waals surface area contributed by atoms with Crippen molar-refractivity contribution in [2.45, 2.75) is 32.2 Å². The van der Waals surface area contributed by atoms with Gasteiger partial charge in [0.25, 0.3) is 0 Å². The molecule has 1 saturated carbocycles. The zero-order valence-corrected chi connectivity index (χ0v) is 9.07. The van der Waals surface area contributed by atoms with Crippen LogP contribution in [0.1, 0.15) is 23.4 Å². The highest BCUT2D eigenvalue weighted by molar-refractivity contribution is 7.15. The molecule has 1 heterocycles. The molecule has 1 amide bonds. The maximum absolute atomic E-state index is 11.5. The van der Waals surface area contributed by atoms with E-state index in [1.54, 1.807) is 0 Å². The largest absolute Gasteiger partial charge is 0.317 e. The predicted molar refractivity (Wildman–Crippen MR) is 56.4 cm³/mol. The van der Waals surface area contributed by atoms with E-state index in [1.807, 2.05) is 13.8 Å². The van der Waals surface area contributed by atoms with Crippen molar-refractivity contribution in [2.75, 3.05) is 5.32 Å². The van der Waals surface area contributed by atoms with Gasteiger partial charge >= 0.3 is 0 Å². The van der Waals surface area contributed by atoms with Gasteiger partial charge in [-0.1, -0.05) is 0 Å². The predicted octanol–water partition coefficient (Wildman–Crippen LogP) is 1.19. The van der Waals surface area contributed by atoms with Gasteiger partial charge in [-0.15, -0.1) is 11.3 Å². The molecule has 0 atom stereocenters. The van der Waals surface area contributed by atoms with E-state index in [2.05, 4.69) is 10.3 Å². The van der Waals surface area contributed by atoms with Gasteiger partial charge in [-0.05, 0) is 26.7 Å². The molecule has 1 aromatic rings. The Morgan fingerprint density at radius 1 is 1.57 bits per heavy atom. The van der Waals surface area contributed by atoms with Crippen molar-refractivity contribution < 1.29 is 4.79 Å². The molecular weight excluding hydrogens is 198 g/mol. The number of carbonyl (C=O) groups is 1. The summed E-state index contributed by atoms with van der Waals surface area (Å²) in [6.07, 6.45) is 1.56. The Morgan fingerprint density at radius 3 is 2.64 bits per heavy atom. The van der Waals surface area contributed by atoms with Gasteiger partial charge in [-0.3, -0.25) is 4.79 Å². The van der Waals surface area contributed by atoms with Crippen LogP contribution in [0.25, 0.3) is 0 Å². The minimum Gasteiger partial charge on any atom is -0.317 e. The number of hydrogen-bond acceptors (Lipinski definition) is 4. The number of nitrogens with two attached hydrogens (primary N) is 1. The first kappa shape index (κ1) is 9.61. The summed E-state index contributed by atoms with van der Waals surface area (Å²) in [7, 11) is 0. The Bertz CT molecular complexity index is 362. The first-order chi connectivity index (χ1) is 6.51. The van der Waals surface area contributed by atoms with Gasteiger partial charge in [0, 0.05) is 4.88 Å². The molecule has 1 aromatic heterocycles. The summed E-state index contributed by atoms with van der Waals surface area (Å²) >= 11 is 1.49. The maximum atomic E-state index is 11.5. The summed E-state index contributed by atoms with van der Waals surface area (Å²) < 4.78 is 0. The van der Waals surface area contributed by atoms with E-state index in [0.717, 1.165) is 23.4 Å². The zero-order valence-electron chi connectivity index (χ0n) is 8.26. The van der Waals surface area contributed by atoms with Crippen LogP contribution in [0.3, 0.4) is 0 Å². The van der Waals surface area contributed by atoms with Crippen molar-refractivity contribution in [1.29, 1.82) is 0 Å². The fourth-order valence-electron chi connectivity index (χ4n) is 1.11. The van der Waals surface area contributed by atoms with Gasteiger partial charge < -0.3 is 11.1 Å². The standard InChI is InChI=1S/C9H13N3OS/c1-5-6(2)14-8(11-5)12-7(13)9(10)3-4-9/h3-4,10H2,1-2H3,(H,11,12,13). The van der Waals surface area contributed by atoms with Crippen molar-refractivity contribution in [2.24, 2.45) is 5.73 Å². The summed E-state index contributed by atoms with van der Waals surface area (Å²) in [4.78, 5) is 16.9. The third-order valence-corrected chi connectivity index (χ3v) is 3.48. The zero-order chi connectivity index (χ0) is 10.3. The Morgan fingerprint density at radius 2 is 2.21 bits per heavy atom. The first-order valence-electron chi connectivity index (χ1n) is 4.56. The topological polar surface area (TPSA) is 68.0 Å². The minimum absolute atomic E-state index is 0.105. The number of rotatable bonds is 2. The van der Waals surface area contributed by atoms with Crippen LogP contribution in [-0.2, 0) is 4.79 Å². The molecule has 5 heteroatoms. The lowest BCUT2D eigenvalue weighted by Crippen LogP contribution is -2.37. The highest BCUT2D eigenvalue weighted by Gasteiger charge is 2.46. The Kier molecular flexibility index (Phi) is 2.08. The van der Waals surface area contributed by atoms with Crippen LogP contribution in [0.2, 0.25) is 0 Å². The summed E-state index contributed by atoms with van der Waals surface area (Å²) in [5.41, 5.74) is 6.09. The van der Waals surface area contributed by atoms with Gasteiger partial charge in [-0.25, -0.2) is 4.98 Å². The third-order valence-electron chi connectivity index (χ3n) is 2.49. The third kappa shape index (κ3) is 1.65. The molecule has 0 aromatic carbocycles. The second kappa shape index (κ2) is 3.03. The Labute approximate surface area is 86.5 Å². The molecule has 0 saturated heterocycles. The highest BCUT2D eigenvalue weighted by atomic mass is 32.1. The average molecular weight is 211 g/mol. The SMILES string of the molecule is Cc1nc(NC(=O)C2(N)CC2)sc1C. The second-order valence-electron chi connectivity index (χ2n) is 3.77. The molecule has 1 fully saturated rings. The van der Waals surface area contributed by atoms with Gasteiger partial charge in [0.15, 0.2) is 5.13 Å². The molecule has 0 radical (unpaired) electrons. The van der Waals surface area contributed by atoms with Crippen LogP contribution in [0.15, 0.2) is 0 Å². The molecule has 14 heavy (non-hydrogen) atoms. The number of anilines is 1. The number of carbonyl (C=O) groups excluding carboxylic acids is 1. The van der Waals surface area contributed by atoms with Crippen molar-refractivity contribution in [3.63, 3.8) is 0 Å². The van der Waals surface area contributed by atoms with Crippen LogP contribution < -0.4 is 11.1 Å². The van der Waals surface area contributed by atoms with Crippen LogP contribution >= 0.6 is 11.3 Å². The molecule has 4 nitrogen and oxygen atoms in total. The molecule has 0 spiro atoms. The molecule has 3 N–H and O–H groups in total. The van der Waals surface area contributed by atoms with Gasteiger partial charge in [0.05, 0.1) is 11.2 Å². The van der Waals surface area contributed by atoms with E-state index in [1.165, 1.54) is 11.3 Å². The number of aromatic nitrogens is 1. The average Bonchev–Trinajstić information content (AvgIpc) is 2.77. The molecule has 0 bridgehead atoms. The Hall–Kier alpha value is -0.940. The van der Waals surface area contributed by atoms with E-state index in [9.17, 15) is 4.79 Å². The second-order valence-corrected chi connectivity index (χ2v) is 4.97. The van der Waals surface area contributed by atoms with E-state index in [4.69, 9.17) is 5.73 Å². The smallest absolute Gasteiger partial charge is 0.246 e. The molecule has 2 rings (SSSR count). The van der Waals surface area contributed by atoms with Crippen LogP contribution in [0.4, 0.5) is 5.13 Å². The lowest BCUT2D eigenvalue weighted by Gasteiger charge is -2.06. The number of nitrogens with one attached hydrogen (secondary N) is 1. The van der Waals surface area contributed by atoms with Gasteiger partial charge in [0.2, 0.25) is 5.91 Å². The number of amides is 1. The van der Waals surface area contributed by atoms with Crippen molar-refractivity contribution >= 4 is 22.4 Å². The van der Waals surface area contributed by atoms with Crippen LogP contribution in [-0.4, -0.2) is 16.4 Å². The highest BCUT2D eigenvalue weighted by Crippen LogP contribution is 2.34. The summed E-state index contributed by atoms with van der Waals surface area (Å²) in [6.45, 7) is 3.91. The number of thiazole rings is 1. The van der Waals surface area contributed by atoms with Crippen molar-refractivity contribution in [1.82, 2.24) is 4.98 Å². The van der Waals surface area contributed by atoms with E-state index in [-0.39, 0.29) is 5.91 Å². The fourth-order valence-corrected chi connectivity index (χ4v) is 1.92. The molecular formula is C9H13N3OS. The molecule has 0 unspecified atom stereocenters.